The molecular formula is C12H20ClN3O4S2. The fourth-order valence-electron chi connectivity index (χ4n) is 2.04. The summed E-state index contributed by atoms with van der Waals surface area (Å²) in [5.41, 5.74) is 0. The minimum Gasteiger partial charge on any atom is -0.314 e. The Kier molecular flexibility index (Phi) is 6.36. The van der Waals surface area contributed by atoms with Crippen molar-refractivity contribution in [3.05, 3.63) is 24.3 Å². The van der Waals surface area contributed by atoms with Crippen LogP contribution in [0.3, 0.4) is 0 Å². The Labute approximate surface area is 137 Å². The van der Waals surface area contributed by atoms with Crippen LogP contribution < -0.4 is 5.32 Å². The Balaban J connectivity index is 0.00000242. The number of rotatable bonds is 4. The molecule has 126 valence electrons. The maximum Gasteiger partial charge on any atom is 0.243 e. The normalized spacial score (nSPS) is 17.2. The SMILES string of the molecule is CN(C)S(=O)(=O)c1cccc(S(=O)(=O)N2CCNCC2)c1.Cl. The van der Waals surface area contributed by atoms with Crippen molar-refractivity contribution in [3.63, 3.8) is 0 Å². The van der Waals surface area contributed by atoms with Crippen LogP contribution in [0.25, 0.3) is 0 Å². The molecule has 0 unspecified atom stereocenters. The lowest BCUT2D eigenvalue weighted by Gasteiger charge is -2.26. The summed E-state index contributed by atoms with van der Waals surface area (Å²) >= 11 is 0. The maximum absolute atomic E-state index is 12.5. The number of benzene rings is 1. The lowest BCUT2D eigenvalue weighted by Crippen LogP contribution is -2.46. The first-order valence-electron chi connectivity index (χ1n) is 6.50. The van der Waals surface area contributed by atoms with E-state index in [1.54, 1.807) is 0 Å². The van der Waals surface area contributed by atoms with Gasteiger partial charge in [-0.2, -0.15) is 4.31 Å². The topological polar surface area (TPSA) is 86.8 Å². The van der Waals surface area contributed by atoms with Gasteiger partial charge in [0.25, 0.3) is 0 Å². The third-order valence-corrected chi connectivity index (χ3v) is 7.00. The molecule has 0 aliphatic carbocycles. The number of piperazine rings is 1. The molecule has 7 nitrogen and oxygen atoms in total. The molecule has 0 atom stereocenters. The van der Waals surface area contributed by atoms with Crippen LogP contribution in [0.15, 0.2) is 34.1 Å². The van der Waals surface area contributed by atoms with Crippen LogP contribution in [-0.2, 0) is 20.0 Å². The van der Waals surface area contributed by atoms with Gasteiger partial charge in [-0.1, -0.05) is 6.07 Å². The van der Waals surface area contributed by atoms with Crippen LogP contribution in [-0.4, -0.2) is 65.7 Å². The molecule has 1 aliphatic heterocycles. The van der Waals surface area contributed by atoms with Crippen LogP contribution in [0.4, 0.5) is 0 Å². The van der Waals surface area contributed by atoms with E-state index in [2.05, 4.69) is 5.32 Å². The first-order chi connectivity index (χ1) is 9.76. The summed E-state index contributed by atoms with van der Waals surface area (Å²) in [4.78, 5) is -0.0176. The van der Waals surface area contributed by atoms with E-state index in [9.17, 15) is 16.8 Å². The van der Waals surface area contributed by atoms with E-state index < -0.39 is 20.0 Å². The largest absolute Gasteiger partial charge is 0.314 e. The molecule has 1 aromatic rings. The summed E-state index contributed by atoms with van der Waals surface area (Å²) in [5.74, 6) is 0. The first-order valence-corrected chi connectivity index (χ1v) is 9.38. The minimum atomic E-state index is -3.66. The van der Waals surface area contributed by atoms with E-state index in [0.29, 0.717) is 26.2 Å². The average Bonchev–Trinajstić information content (AvgIpc) is 2.48. The van der Waals surface area contributed by atoms with Crippen LogP contribution >= 0.6 is 12.4 Å². The number of sulfonamides is 2. The van der Waals surface area contributed by atoms with Crippen molar-refractivity contribution in [2.24, 2.45) is 0 Å². The molecular weight excluding hydrogens is 350 g/mol. The van der Waals surface area contributed by atoms with Gasteiger partial charge in [0.05, 0.1) is 9.79 Å². The van der Waals surface area contributed by atoms with Crippen LogP contribution in [0.5, 0.6) is 0 Å². The summed E-state index contributed by atoms with van der Waals surface area (Å²) in [6.07, 6.45) is 0. The lowest BCUT2D eigenvalue weighted by molar-refractivity contribution is 0.360. The Morgan fingerprint density at radius 3 is 2.14 bits per heavy atom. The Bertz CT molecular complexity index is 714. The van der Waals surface area contributed by atoms with Gasteiger partial charge in [-0.3, -0.25) is 0 Å². The molecule has 0 amide bonds. The quantitative estimate of drug-likeness (QED) is 0.804. The monoisotopic (exact) mass is 369 g/mol. The van der Waals surface area contributed by atoms with Crippen molar-refractivity contribution in [3.8, 4) is 0 Å². The van der Waals surface area contributed by atoms with Crippen LogP contribution in [0.2, 0.25) is 0 Å². The number of halogens is 1. The summed E-state index contributed by atoms with van der Waals surface area (Å²) in [6, 6.07) is 5.48. The molecule has 0 bridgehead atoms. The summed E-state index contributed by atoms with van der Waals surface area (Å²) in [5, 5.41) is 3.08. The Hall–Kier alpha value is -0.710. The lowest BCUT2D eigenvalue weighted by atomic mass is 10.4. The highest BCUT2D eigenvalue weighted by Crippen LogP contribution is 2.21. The zero-order valence-electron chi connectivity index (χ0n) is 12.4. The van der Waals surface area contributed by atoms with Gasteiger partial charge in [0, 0.05) is 40.3 Å². The van der Waals surface area contributed by atoms with Crippen LogP contribution in [0, 0.1) is 0 Å². The highest BCUT2D eigenvalue weighted by atomic mass is 35.5. The molecule has 1 heterocycles. The van der Waals surface area contributed by atoms with Gasteiger partial charge in [0.2, 0.25) is 20.0 Å². The molecule has 1 aliphatic rings. The fourth-order valence-corrected chi connectivity index (χ4v) is 4.55. The molecule has 22 heavy (non-hydrogen) atoms. The van der Waals surface area contributed by atoms with Crippen molar-refractivity contribution < 1.29 is 16.8 Å². The zero-order valence-corrected chi connectivity index (χ0v) is 14.8. The number of hydrogen-bond donors (Lipinski definition) is 1. The molecule has 10 heteroatoms. The van der Waals surface area contributed by atoms with Gasteiger partial charge in [-0.05, 0) is 18.2 Å². The molecule has 0 spiro atoms. The average molecular weight is 370 g/mol. The van der Waals surface area contributed by atoms with E-state index in [1.165, 1.54) is 42.7 Å². The smallest absolute Gasteiger partial charge is 0.243 e. The van der Waals surface area contributed by atoms with Gasteiger partial charge >= 0.3 is 0 Å². The van der Waals surface area contributed by atoms with Gasteiger partial charge in [-0.25, -0.2) is 21.1 Å². The van der Waals surface area contributed by atoms with Gasteiger partial charge in [0.15, 0.2) is 0 Å². The Morgan fingerprint density at radius 2 is 1.59 bits per heavy atom. The summed E-state index contributed by atoms with van der Waals surface area (Å²) in [6.45, 7) is 1.95. The molecule has 0 radical (unpaired) electrons. The predicted molar refractivity (Wildman–Crippen MR) is 86.2 cm³/mol. The second kappa shape index (κ2) is 7.24. The third kappa shape index (κ3) is 3.79. The minimum absolute atomic E-state index is 0. The fraction of sp³-hybridized carbons (Fsp3) is 0.500. The molecule has 1 N–H and O–H groups in total. The van der Waals surface area contributed by atoms with E-state index in [-0.39, 0.29) is 22.2 Å². The standard InChI is InChI=1S/C12H19N3O4S2.ClH/c1-14(2)20(16,17)11-4-3-5-12(10-11)21(18,19)15-8-6-13-7-9-15;/h3-5,10,13H,6-9H2,1-2H3;1H. The molecule has 1 aromatic carbocycles. The second-order valence-corrected chi connectivity index (χ2v) is 9.01. The van der Waals surface area contributed by atoms with Crippen LogP contribution in [0.1, 0.15) is 0 Å². The van der Waals surface area contributed by atoms with Crippen molar-refractivity contribution in [2.45, 2.75) is 9.79 Å². The van der Waals surface area contributed by atoms with Gasteiger partial charge < -0.3 is 5.32 Å². The van der Waals surface area contributed by atoms with E-state index in [1.807, 2.05) is 0 Å². The highest BCUT2D eigenvalue weighted by Gasteiger charge is 2.27. The first kappa shape index (κ1) is 19.3. The second-order valence-electron chi connectivity index (χ2n) is 4.92. The molecule has 1 fully saturated rings. The maximum atomic E-state index is 12.5. The van der Waals surface area contributed by atoms with E-state index in [4.69, 9.17) is 0 Å². The van der Waals surface area contributed by atoms with E-state index in [0.717, 1.165) is 4.31 Å². The Morgan fingerprint density at radius 1 is 1.05 bits per heavy atom. The molecule has 2 rings (SSSR count). The zero-order chi connectivity index (χ0) is 15.7. The van der Waals surface area contributed by atoms with Crippen molar-refractivity contribution in [1.82, 2.24) is 13.9 Å². The molecule has 0 aromatic heterocycles. The summed E-state index contributed by atoms with van der Waals surface area (Å²) in [7, 11) is -4.49. The third-order valence-electron chi connectivity index (χ3n) is 3.30. The van der Waals surface area contributed by atoms with Gasteiger partial charge in [0.1, 0.15) is 0 Å². The predicted octanol–water partition coefficient (Wildman–Crippen LogP) is -0.0474. The molecule has 0 saturated carbocycles. The van der Waals surface area contributed by atoms with E-state index >= 15 is 0 Å². The highest BCUT2D eigenvalue weighted by molar-refractivity contribution is 7.90. The number of hydrogen-bond acceptors (Lipinski definition) is 5. The molecule has 1 saturated heterocycles. The van der Waals surface area contributed by atoms with Gasteiger partial charge in [-0.15, -0.1) is 12.4 Å². The number of nitrogens with zero attached hydrogens (tertiary/aromatic N) is 2. The number of nitrogens with one attached hydrogen (secondary N) is 1. The van der Waals surface area contributed by atoms with Crippen molar-refractivity contribution >= 4 is 32.5 Å². The van der Waals surface area contributed by atoms with Crippen molar-refractivity contribution in [2.75, 3.05) is 40.3 Å². The summed E-state index contributed by atoms with van der Waals surface area (Å²) < 4.78 is 51.7. The van der Waals surface area contributed by atoms with Crippen molar-refractivity contribution in [1.29, 1.82) is 0 Å².